The average molecular weight is 875 g/mol. The van der Waals surface area contributed by atoms with E-state index in [1.54, 1.807) is 0 Å². The van der Waals surface area contributed by atoms with Gasteiger partial charge in [-0.2, -0.15) is 0 Å². The number of ether oxygens (including phenoxy) is 3. The third-order valence-electron chi connectivity index (χ3n) is 10.7. The lowest BCUT2D eigenvalue weighted by Crippen LogP contribution is -2.30. The molecule has 63 heavy (non-hydrogen) atoms. The van der Waals surface area contributed by atoms with Crippen molar-refractivity contribution in [2.24, 2.45) is 0 Å². The number of rotatable bonds is 45. The molecule has 0 aromatic heterocycles. The first-order chi connectivity index (χ1) is 31.0. The maximum atomic E-state index is 12.8. The highest BCUT2D eigenvalue weighted by Gasteiger charge is 2.19. The number of carbonyl (C=O) groups excluding carboxylic acids is 3. The molecule has 0 aromatic rings. The molecule has 0 N–H and O–H groups in total. The number of allylic oxidation sites excluding steroid dienone is 16. The van der Waals surface area contributed by atoms with E-state index in [1.165, 1.54) is 51.4 Å². The van der Waals surface area contributed by atoms with Crippen LogP contribution in [0.4, 0.5) is 0 Å². The third kappa shape index (κ3) is 49.2. The first-order valence-corrected chi connectivity index (χ1v) is 25.8. The molecule has 0 saturated carbocycles. The Morgan fingerprint density at radius 3 is 1.13 bits per heavy atom. The second kappa shape index (κ2) is 51.0. The van der Waals surface area contributed by atoms with Gasteiger partial charge in [0.15, 0.2) is 6.10 Å². The Morgan fingerprint density at radius 1 is 0.349 bits per heavy atom. The number of carbonyl (C=O) groups is 3. The molecule has 0 aliphatic heterocycles. The summed E-state index contributed by atoms with van der Waals surface area (Å²) in [5.41, 5.74) is 0. The summed E-state index contributed by atoms with van der Waals surface area (Å²) in [6, 6.07) is 0. The summed E-state index contributed by atoms with van der Waals surface area (Å²) in [5, 5.41) is 0. The van der Waals surface area contributed by atoms with Crippen molar-refractivity contribution in [2.45, 2.75) is 232 Å². The number of hydrogen-bond acceptors (Lipinski definition) is 6. The largest absolute Gasteiger partial charge is 0.462 e. The summed E-state index contributed by atoms with van der Waals surface area (Å²) in [7, 11) is 0. The molecular formula is C57H94O6. The molecule has 1 unspecified atom stereocenters. The second-order valence-electron chi connectivity index (χ2n) is 16.8. The van der Waals surface area contributed by atoms with Crippen molar-refractivity contribution < 1.29 is 28.6 Å². The lowest BCUT2D eigenvalue weighted by atomic mass is 10.1. The summed E-state index contributed by atoms with van der Waals surface area (Å²) in [4.78, 5) is 38.0. The summed E-state index contributed by atoms with van der Waals surface area (Å²) in [6.07, 6.45) is 66.7. The van der Waals surface area contributed by atoms with Crippen molar-refractivity contribution in [3.63, 3.8) is 0 Å². The van der Waals surface area contributed by atoms with Crippen LogP contribution in [0.5, 0.6) is 0 Å². The minimum atomic E-state index is -0.799. The molecule has 1 atom stereocenters. The molecule has 0 heterocycles. The number of hydrogen-bond donors (Lipinski definition) is 0. The molecule has 0 rings (SSSR count). The van der Waals surface area contributed by atoms with Crippen molar-refractivity contribution in [1.29, 1.82) is 0 Å². The van der Waals surface area contributed by atoms with Gasteiger partial charge >= 0.3 is 17.9 Å². The van der Waals surface area contributed by atoms with Crippen LogP contribution in [-0.4, -0.2) is 37.2 Å². The molecule has 0 aliphatic rings. The van der Waals surface area contributed by atoms with E-state index in [2.05, 4.69) is 118 Å². The smallest absolute Gasteiger partial charge is 0.306 e. The molecule has 0 spiro atoms. The van der Waals surface area contributed by atoms with Gasteiger partial charge in [-0.1, -0.05) is 214 Å². The predicted molar refractivity (Wildman–Crippen MR) is 270 cm³/mol. The van der Waals surface area contributed by atoms with Crippen molar-refractivity contribution in [2.75, 3.05) is 13.2 Å². The van der Waals surface area contributed by atoms with E-state index in [1.807, 2.05) is 0 Å². The van der Waals surface area contributed by atoms with E-state index in [4.69, 9.17) is 14.2 Å². The molecule has 6 heteroatoms. The fraction of sp³-hybridized carbons (Fsp3) is 0.667. The molecule has 0 aliphatic carbocycles. The van der Waals surface area contributed by atoms with Gasteiger partial charge in [-0.05, 0) is 89.9 Å². The van der Waals surface area contributed by atoms with Crippen LogP contribution in [0.3, 0.4) is 0 Å². The molecule has 358 valence electrons. The fourth-order valence-electron chi connectivity index (χ4n) is 6.83. The normalized spacial score (nSPS) is 12.9. The molecule has 0 amide bonds. The SMILES string of the molecule is CC\C=C/C=C\C=C/CCCCCCCCCC(=O)OC(COC(=O)CCCCCCC\C=C/C=C\C=C/CCCCCCC)COC(=O)CCCCCCC/C=C\C/C=C\CC. The van der Waals surface area contributed by atoms with Gasteiger partial charge in [0.05, 0.1) is 0 Å². The van der Waals surface area contributed by atoms with Crippen LogP contribution < -0.4 is 0 Å². The van der Waals surface area contributed by atoms with E-state index in [-0.39, 0.29) is 31.1 Å². The highest BCUT2D eigenvalue weighted by molar-refractivity contribution is 5.71. The van der Waals surface area contributed by atoms with Crippen molar-refractivity contribution >= 4 is 17.9 Å². The van der Waals surface area contributed by atoms with E-state index < -0.39 is 6.10 Å². The number of unbranched alkanes of at least 4 members (excludes halogenated alkanes) is 22. The number of esters is 3. The summed E-state index contributed by atoms with van der Waals surface area (Å²) in [6.45, 7) is 6.33. The van der Waals surface area contributed by atoms with Crippen LogP contribution in [0.25, 0.3) is 0 Å². The molecule has 0 fully saturated rings. The lowest BCUT2D eigenvalue weighted by molar-refractivity contribution is -0.167. The predicted octanol–water partition coefficient (Wildman–Crippen LogP) is 17.0. The van der Waals surface area contributed by atoms with Gasteiger partial charge in [0.1, 0.15) is 13.2 Å². The topological polar surface area (TPSA) is 78.9 Å². The van der Waals surface area contributed by atoms with Gasteiger partial charge in [-0.3, -0.25) is 14.4 Å². The van der Waals surface area contributed by atoms with Gasteiger partial charge in [-0.25, -0.2) is 0 Å². The van der Waals surface area contributed by atoms with Crippen molar-refractivity contribution in [1.82, 2.24) is 0 Å². The van der Waals surface area contributed by atoms with Crippen molar-refractivity contribution in [3.05, 3.63) is 97.2 Å². The van der Waals surface area contributed by atoms with E-state index in [9.17, 15) is 14.4 Å². The minimum Gasteiger partial charge on any atom is -0.462 e. The highest BCUT2D eigenvalue weighted by Crippen LogP contribution is 2.14. The first-order valence-electron chi connectivity index (χ1n) is 25.8. The third-order valence-corrected chi connectivity index (χ3v) is 10.7. The zero-order valence-corrected chi connectivity index (χ0v) is 40.8. The fourth-order valence-corrected chi connectivity index (χ4v) is 6.83. The Morgan fingerprint density at radius 2 is 0.698 bits per heavy atom. The molecule has 0 aromatic carbocycles. The zero-order chi connectivity index (χ0) is 45.8. The van der Waals surface area contributed by atoms with Crippen molar-refractivity contribution in [3.8, 4) is 0 Å². The van der Waals surface area contributed by atoms with Crippen LogP contribution in [-0.2, 0) is 28.6 Å². The molecule has 0 radical (unpaired) electrons. The summed E-state index contributed by atoms with van der Waals surface area (Å²) >= 11 is 0. The van der Waals surface area contributed by atoms with Crippen LogP contribution >= 0.6 is 0 Å². The van der Waals surface area contributed by atoms with Crippen LogP contribution in [0.1, 0.15) is 226 Å². The van der Waals surface area contributed by atoms with E-state index >= 15 is 0 Å². The Kier molecular flexibility index (Phi) is 48.0. The Hall–Kier alpha value is -3.67. The highest BCUT2D eigenvalue weighted by atomic mass is 16.6. The van der Waals surface area contributed by atoms with Crippen LogP contribution in [0.15, 0.2) is 97.2 Å². The second-order valence-corrected chi connectivity index (χ2v) is 16.8. The maximum absolute atomic E-state index is 12.8. The zero-order valence-electron chi connectivity index (χ0n) is 40.8. The Balaban J connectivity index is 4.46. The molecule has 0 saturated heterocycles. The minimum absolute atomic E-state index is 0.0981. The average Bonchev–Trinajstić information content (AvgIpc) is 3.28. The van der Waals surface area contributed by atoms with Crippen LogP contribution in [0, 0.1) is 0 Å². The van der Waals surface area contributed by atoms with Gasteiger partial charge < -0.3 is 14.2 Å². The Bertz CT molecular complexity index is 1280. The van der Waals surface area contributed by atoms with Gasteiger partial charge in [0.25, 0.3) is 0 Å². The van der Waals surface area contributed by atoms with Gasteiger partial charge in [0, 0.05) is 19.3 Å². The lowest BCUT2D eigenvalue weighted by Gasteiger charge is -2.18. The quantitative estimate of drug-likeness (QED) is 0.0199. The van der Waals surface area contributed by atoms with E-state index in [0.717, 1.165) is 135 Å². The Labute approximate surface area is 387 Å². The molecule has 6 nitrogen and oxygen atoms in total. The standard InChI is InChI=1S/C57H94O6/c1-4-7-10-13-16-19-22-25-27-28-29-31-32-35-38-41-44-47-50-56(59)62-53-54(52-61-55(58)49-46-43-40-37-34-24-21-18-15-12-9-6-3)63-57(60)51-48-45-42-39-36-33-30-26-23-20-17-14-11-8-5-2/h8-9,11-12,14,17-18,20-23,25,27-29,31,54H,4-7,10,13,15-16,19,24,26,30,32-53H2,1-3H3/b11-8-,12-9-,17-14-,21-18-,23-20-,25-22-,28-27-,31-29-. The van der Waals surface area contributed by atoms with E-state index in [0.29, 0.717) is 19.3 Å². The van der Waals surface area contributed by atoms with Gasteiger partial charge in [-0.15, -0.1) is 0 Å². The monoisotopic (exact) mass is 875 g/mol. The first kappa shape index (κ1) is 59.3. The molecule has 0 bridgehead atoms. The van der Waals surface area contributed by atoms with Crippen LogP contribution in [0.2, 0.25) is 0 Å². The summed E-state index contributed by atoms with van der Waals surface area (Å²) < 4.78 is 16.8. The maximum Gasteiger partial charge on any atom is 0.306 e. The molecular weight excluding hydrogens is 781 g/mol. The van der Waals surface area contributed by atoms with Gasteiger partial charge in [0.2, 0.25) is 0 Å². The summed E-state index contributed by atoms with van der Waals surface area (Å²) in [5.74, 6) is -0.947.